The summed E-state index contributed by atoms with van der Waals surface area (Å²) < 4.78 is 19.6. The molecule has 41 heavy (non-hydrogen) atoms. The first kappa shape index (κ1) is 29.6. The van der Waals surface area contributed by atoms with E-state index in [0.717, 1.165) is 67.8 Å². The van der Waals surface area contributed by atoms with Gasteiger partial charge in [0, 0.05) is 39.0 Å². The number of ether oxygens (including phenoxy) is 1. The molecule has 1 saturated heterocycles. The molecule has 3 aliphatic heterocycles. The van der Waals surface area contributed by atoms with Crippen molar-refractivity contribution in [3.63, 3.8) is 0 Å². The number of nitrogens with zero attached hydrogens (tertiary/aromatic N) is 3. The molecule has 3 heterocycles. The van der Waals surface area contributed by atoms with Crippen LogP contribution in [0.25, 0.3) is 6.08 Å². The molecule has 1 aliphatic carbocycles. The summed E-state index contributed by atoms with van der Waals surface area (Å²) in [6.07, 6.45) is 13.3. The van der Waals surface area contributed by atoms with Crippen LogP contribution in [0.4, 0.5) is 4.39 Å². The van der Waals surface area contributed by atoms with Crippen LogP contribution in [0, 0.1) is 11.7 Å². The Morgan fingerprint density at radius 1 is 1.29 bits per heavy atom. The van der Waals surface area contributed by atoms with Crippen LogP contribution >= 0.6 is 0 Å². The van der Waals surface area contributed by atoms with Gasteiger partial charge in [0.2, 0.25) is 0 Å². The van der Waals surface area contributed by atoms with Gasteiger partial charge in [-0.05, 0) is 67.0 Å². The number of β-amino-alcohol motifs (C(OH)–C–C–N with tert-alkyl or cyclic N) is 1. The molecule has 0 aromatic heterocycles. The summed E-state index contributed by atoms with van der Waals surface area (Å²) in [4.78, 5) is 12.2. The zero-order valence-electron chi connectivity index (χ0n) is 24.6. The summed E-state index contributed by atoms with van der Waals surface area (Å²) >= 11 is 0. The summed E-state index contributed by atoms with van der Waals surface area (Å²) in [6, 6.07) is 3.58. The van der Waals surface area contributed by atoms with Gasteiger partial charge in [-0.1, -0.05) is 37.3 Å². The molecule has 8 nitrogen and oxygen atoms in total. The first-order valence-electron chi connectivity index (χ1n) is 15.0. The number of aliphatic hydroxyl groups is 1. The van der Waals surface area contributed by atoms with E-state index in [1.54, 1.807) is 6.07 Å². The van der Waals surface area contributed by atoms with E-state index in [2.05, 4.69) is 65.1 Å². The number of rotatable bonds is 8. The minimum Gasteiger partial charge on any atom is -0.390 e. The first-order chi connectivity index (χ1) is 19.8. The number of amidine groups is 1. The monoisotopic (exact) mass is 564 g/mol. The Bertz CT molecular complexity index is 1230. The molecule has 9 heteroatoms. The molecule has 0 spiro atoms. The molecule has 4 unspecified atom stereocenters. The van der Waals surface area contributed by atoms with Crippen molar-refractivity contribution in [3.05, 3.63) is 64.5 Å². The van der Waals surface area contributed by atoms with Gasteiger partial charge in [0.25, 0.3) is 0 Å². The summed E-state index contributed by atoms with van der Waals surface area (Å²) in [5.41, 5.74) is 3.59. The summed E-state index contributed by atoms with van der Waals surface area (Å²) in [5.74, 6) is 1.57. The van der Waals surface area contributed by atoms with Gasteiger partial charge in [-0.2, -0.15) is 0 Å². The van der Waals surface area contributed by atoms with Gasteiger partial charge in [0.05, 0.1) is 31.9 Å². The Hall–Kier alpha value is -2.85. The standard InChI is InChI=1S/C32H45FN6O2/c1-4-5-23-10-11-35-32(3,19-23)38-31-36-29(8-7-24-16-25-18-27(25)28(33)17-24)22(2)6-9-30(37-31)34-20-26(40)21-39-12-14-41-15-13-39/h4-5,7-8,16-17,19,22,26,29,35,40H,6,9-15,18,20-21H2,1-3H3,(H2,34,36,37,38). The Balaban J connectivity index is 1.35. The van der Waals surface area contributed by atoms with Crippen molar-refractivity contribution < 1.29 is 14.2 Å². The Kier molecular flexibility index (Phi) is 9.70. The molecule has 4 aliphatic rings. The maximum atomic E-state index is 14.2. The van der Waals surface area contributed by atoms with E-state index in [1.807, 2.05) is 13.0 Å². The molecular weight excluding hydrogens is 519 g/mol. The van der Waals surface area contributed by atoms with E-state index in [1.165, 1.54) is 5.57 Å². The maximum Gasteiger partial charge on any atom is 0.199 e. The summed E-state index contributed by atoms with van der Waals surface area (Å²) in [5, 5.41) is 21.4. The number of hydrogen-bond donors (Lipinski definition) is 4. The van der Waals surface area contributed by atoms with Gasteiger partial charge in [0.15, 0.2) is 5.96 Å². The van der Waals surface area contributed by atoms with Crippen molar-refractivity contribution >= 4 is 17.9 Å². The van der Waals surface area contributed by atoms with Crippen LogP contribution in [0.3, 0.4) is 0 Å². The average Bonchev–Trinajstić information content (AvgIpc) is 3.72. The van der Waals surface area contributed by atoms with E-state index >= 15 is 0 Å². The first-order valence-corrected chi connectivity index (χ1v) is 15.0. The highest BCUT2D eigenvalue weighted by Crippen LogP contribution is 2.32. The molecule has 0 saturated carbocycles. The number of hydrogen-bond acceptors (Lipinski definition) is 7. The summed E-state index contributed by atoms with van der Waals surface area (Å²) in [7, 11) is 0. The quantitative estimate of drug-likeness (QED) is 0.393. The van der Waals surface area contributed by atoms with Crippen molar-refractivity contribution in [3.8, 4) is 0 Å². The number of guanidine groups is 1. The molecule has 4 atom stereocenters. The predicted molar refractivity (Wildman–Crippen MR) is 164 cm³/mol. The second-order valence-electron chi connectivity index (χ2n) is 11.9. The molecule has 1 fully saturated rings. The Morgan fingerprint density at radius 2 is 2.12 bits per heavy atom. The zero-order valence-corrected chi connectivity index (χ0v) is 24.6. The van der Waals surface area contributed by atoms with Crippen molar-refractivity contribution in [1.82, 2.24) is 20.9 Å². The highest BCUT2D eigenvalue weighted by molar-refractivity contribution is 6.00. The lowest BCUT2D eigenvalue weighted by Gasteiger charge is -2.36. The van der Waals surface area contributed by atoms with Crippen LogP contribution in [-0.2, 0) is 11.2 Å². The van der Waals surface area contributed by atoms with Crippen LogP contribution in [-0.4, -0.2) is 85.5 Å². The van der Waals surface area contributed by atoms with Crippen LogP contribution in [0.2, 0.25) is 0 Å². The van der Waals surface area contributed by atoms with E-state index < -0.39 is 11.8 Å². The molecule has 0 radical (unpaired) electrons. The minimum absolute atomic E-state index is 0.100. The fourth-order valence-corrected chi connectivity index (χ4v) is 5.75. The third-order valence-electron chi connectivity index (χ3n) is 8.20. The highest BCUT2D eigenvalue weighted by atomic mass is 19.1. The van der Waals surface area contributed by atoms with E-state index in [0.29, 0.717) is 32.3 Å². The molecule has 5 rings (SSSR count). The minimum atomic E-state index is -0.544. The van der Waals surface area contributed by atoms with E-state index in [9.17, 15) is 9.50 Å². The van der Waals surface area contributed by atoms with Gasteiger partial charge in [-0.3, -0.25) is 15.2 Å². The fourth-order valence-electron chi connectivity index (χ4n) is 5.75. The number of benzene rings is 1. The van der Waals surface area contributed by atoms with Gasteiger partial charge < -0.3 is 20.5 Å². The maximum absolute atomic E-state index is 14.2. The Morgan fingerprint density at radius 3 is 2.90 bits per heavy atom. The van der Waals surface area contributed by atoms with Crippen molar-refractivity contribution in [2.75, 3.05) is 45.9 Å². The van der Waals surface area contributed by atoms with Gasteiger partial charge in [0.1, 0.15) is 17.3 Å². The van der Waals surface area contributed by atoms with E-state index in [4.69, 9.17) is 14.7 Å². The third-order valence-corrected chi connectivity index (χ3v) is 8.20. The molecule has 0 bridgehead atoms. The lowest BCUT2D eigenvalue weighted by molar-refractivity contribution is 0.0165. The fraction of sp³-hybridized carbons (Fsp3) is 0.562. The average molecular weight is 565 g/mol. The zero-order chi connectivity index (χ0) is 28.8. The Labute approximate surface area is 243 Å². The molecule has 1 aromatic carbocycles. The molecule has 222 valence electrons. The highest BCUT2D eigenvalue weighted by Gasteiger charge is 2.28. The number of fused-ring (bicyclic) bond motifs is 1. The topological polar surface area (TPSA) is 93.5 Å². The lowest BCUT2D eigenvalue weighted by Crippen LogP contribution is -2.61. The van der Waals surface area contributed by atoms with Gasteiger partial charge in [-0.25, -0.2) is 9.38 Å². The van der Waals surface area contributed by atoms with Crippen molar-refractivity contribution in [2.24, 2.45) is 15.9 Å². The molecule has 0 amide bonds. The second-order valence-corrected chi connectivity index (χ2v) is 11.9. The van der Waals surface area contributed by atoms with Crippen LogP contribution in [0.15, 0.2) is 52.0 Å². The van der Waals surface area contributed by atoms with Crippen molar-refractivity contribution in [2.45, 2.75) is 64.3 Å². The molecular formula is C32H45FN6O2. The number of halogens is 1. The number of aliphatic hydroxyl groups excluding tert-OH is 1. The summed E-state index contributed by atoms with van der Waals surface area (Å²) in [6.45, 7) is 11.2. The number of allylic oxidation sites excluding steroid dienone is 2. The number of aliphatic imine (C=N–C) groups is 2. The van der Waals surface area contributed by atoms with Crippen LogP contribution < -0.4 is 16.0 Å². The number of morpholine rings is 1. The third kappa shape index (κ3) is 8.35. The van der Waals surface area contributed by atoms with Crippen LogP contribution in [0.5, 0.6) is 0 Å². The van der Waals surface area contributed by atoms with Gasteiger partial charge in [-0.15, -0.1) is 0 Å². The number of nitrogens with one attached hydrogen (secondary N) is 3. The normalized spacial score (nSPS) is 29.0. The predicted octanol–water partition coefficient (Wildman–Crippen LogP) is 3.38. The molecule has 4 N–H and O–H groups in total. The van der Waals surface area contributed by atoms with Gasteiger partial charge >= 0.3 is 0 Å². The smallest absolute Gasteiger partial charge is 0.199 e. The largest absolute Gasteiger partial charge is 0.390 e. The second kappa shape index (κ2) is 13.4. The molecule has 1 aromatic rings. The van der Waals surface area contributed by atoms with Crippen LogP contribution in [0.1, 0.15) is 56.7 Å². The van der Waals surface area contributed by atoms with E-state index in [-0.39, 0.29) is 17.8 Å². The van der Waals surface area contributed by atoms with Crippen molar-refractivity contribution in [1.29, 1.82) is 0 Å². The lowest BCUT2D eigenvalue weighted by atomic mass is 9.95. The SMILES string of the molecule is CC=CC1=CC(C)(NC2=NC(C=Cc3cc(F)c4c(c3)C4)C(C)CCC(=NCC(O)CN3CCOCC3)N2)NCC1.